The van der Waals surface area contributed by atoms with Crippen LogP contribution in [0.15, 0.2) is 17.9 Å². The molecule has 0 aromatic carbocycles. The largest absolute Gasteiger partial charge is 0.481 e. The van der Waals surface area contributed by atoms with E-state index >= 15 is 0 Å². The Morgan fingerprint density at radius 1 is 0.451 bits per heavy atom. The highest BCUT2D eigenvalue weighted by Gasteiger charge is 2.37. The molecule has 6 aliphatic rings. The minimum absolute atomic E-state index is 0.0844. The van der Waals surface area contributed by atoms with Gasteiger partial charge < -0.3 is 39.1 Å². The number of carboxylic acid groups (broad SMARTS) is 2. The number of nitrogens with one attached hydrogen (secondary N) is 2. The quantitative estimate of drug-likeness (QED) is 0.0685. The van der Waals surface area contributed by atoms with Gasteiger partial charge in [-0.3, -0.25) is 28.8 Å². The number of hydrogen-bond acceptors (Lipinski definition) is 12. The van der Waals surface area contributed by atoms with Crippen LogP contribution in [0.5, 0.6) is 0 Å². The Bertz CT molecular complexity index is 3250. The molecule has 8 bridgehead atoms. The van der Waals surface area contributed by atoms with Gasteiger partial charge in [-0.05, 0) is 189 Å². The topological polar surface area (TPSA) is 237 Å². The average molecular weight is 1390 g/mol. The van der Waals surface area contributed by atoms with Crippen LogP contribution in [0.2, 0.25) is 0 Å². The van der Waals surface area contributed by atoms with Crippen LogP contribution >= 0.6 is 63.7 Å². The first-order chi connectivity index (χ1) is 39.3. The third kappa shape index (κ3) is 13.5. The average Bonchev–Trinajstić information content (AvgIpc) is 2.98. The zero-order valence-electron chi connectivity index (χ0n) is 47.2. The number of carbonyl (C=O) groups is 6. The van der Waals surface area contributed by atoms with Gasteiger partial charge in [0.25, 0.3) is 0 Å². The number of carboxylic acids is 2. The molecule has 2 unspecified atom stereocenters. The lowest BCUT2D eigenvalue weighted by Crippen LogP contribution is -2.27. The van der Waals surface area contributed by atoms with Crippen LogP contribution < -0.4 is 0 Å². The first-order valence-electron chi connectivity index (χ1n) is 29.4. The first-order valence-corrected chi connectivity index (χ1v) is 32.6. The van der Waals surface area contributed by atoms with E-state index in [9.17, 15) is 39.0 Å². The molecule has 2 aliphatic heterocycles. The van der Waals surface area contributed by atoms with Crippen molar-refractivity contribution in [3.63, 3.8) is 0 Å². The van der Waals surface area contributed by atoms with Gasteiger partial charge in [0.1, 0.15) is 13.2 Å². The summed E-state index contributed by atoms with van der Waals surface area (Å²) >= 11 is 15.9. The fourth-order valence-corrected chi connectivity index (χ4v) is 15.9. The van der Waals surface area contributed by atoms with E-state index < -0.39 is 30.1 Å². The third-order valence-electron chi connectivity index (χ3n) is 17.8. The molecule has 2 atom stereocenters. The molecule has 4 N–H and O–H groups in total. The number of aromatic nitrogens is 4. The van der Waals surface area contributed by atoms with Gasteiger partial charge in [-0.1, -0.05) is 77.0 Å². The summed E-state index contributed by atoms with van der Waals surface area (Å²) in [5, 5.41) is 20.2. The molecular formula is C62H74Br4N4O12. The molecule has 82 heavy (non-hydrogen) atoms. The van der Waals surface area contributed by atoms with Gasteiger partial charge in [0.15, 0.2) is 12.2 Å². The summed E-state index contributed by atoms with van der Waals surface area (Å²) < 4.78 is 27.6. The Morgan fingerprint density at radius 3 is 1.12 bits per heavy atom. The predicted molar refractivity (Wildman–Crippen MR) is 326 cm³/mol. The summed E-state index contributed by atoms with van der Waals surface area (Å²) in [7, 11) is 0. The van der Waals surface area contributed by atoms with Gasteiger partial charge in [0, 0.05) is 24.0 Å². The monoisotopic (exact) mass is 1380 g/mol. The summed E-state index contributed by atoms with van der Waals surface area (Å²) in [5.41, 5.74) is 8.52. The van der Waals surface area contributed by atoms with Crippen molar-refractivity contribution in [2.45, 2.75) is 194 Å². The number of hydrogen-bond donors (Lipinski definition) is 4. The summed E-state index contributed by atoms with van der Waals surface area (Å²) in [6.45, 7) is 6.97. The molecule has 442 valence electrons. The lowest BCUT2D eigenvalue weighted by atomic mass is 9.89. The normalized spacial score (nSPS) is 18.5. The number of allylic oxidation sites excluding steroid dienone is 4. The molecule has 3 aromatic rings. The maximum Gasteiger partial charge on any atom is 0.309 e. The maximum absolute atomic E-state index is 14.5. The molecule has 0 spiro atoms. The molecule has 16 nitrogen and oxygen atoms in total. The summed E-state index contributed by atoms with van der Waals surface area (Å²) in [4.78, 5) is 99.6. The van der Waals surface area contributed by atoms with Gasteiger partial charge in [-0.25, -0.2) is 9.97 Å². The molecule has 4 saturated carbocycles. The zero-order valence-corrected chi connectivity index (χ0v) is 53.6. The van der Waals surface area contributed by atoms with Crippen LogP contribution in [-0.4, -0.2) is 79.2 Å². The van der Waals surface area contributed by atoms with Gasteiger partial charge in [-0.15, -0.1) is 0 Å². The van der Waals surface area contributed by atoms with E-state index in [4.69, 9.17) is 28.9 Å². The van der Waals surface area contributed by atoms with Crippen molar-refractivity contribution in [2.24, 2.45) is 23.7 Å². The second-order valence-corrected chi connectivity index (χ2v) is 26.3. The highest BCUT2D eigenvalue weighted by Crippen LogP contribution is 2.48. The Kier molecular flexibility index (Phi) is 20.8. The lowest BCUT2D eigenvalue weighted by Gasteiger charge is -2.26. The smallest absolute Gasteiger partial charge is 0.309 e. The number of aromatic amines is 2. The number of rotatable bonds is 18. The molecular weight excluding hydrogens is 1310 g/mol. The Labute approximate surface area is 512 Å². The van der Waals surface area contributed by atoms with E-state index in [0.29, 0.717) is 159 Å². The second-order valence-electron chi connectivity index (χ2n) is 23.1. The van der Waals surface area contributed by atoms with Crippen LogP contribution in [0.1, 0.15) is 225 Å². The standard InChI is InChI=1S/C62H74Br4N4O12/c1-31-39(25-27-43(71)72)55-50(66)56-40(26-28-44(73)74)32(2)52(68-56)48(64)57-46(42(82-62(78)38-23-15-8-16-24-38)30-80-60(76)36-19-11-6-12-20-36)34(4)54(70-57)49(65)58-45(33(3)53(69-58)47(63)51(31)67-55)41(81-61(77)37-21-13-7-14-22-37)29-79-59(75)35-17-9-5-10-18-35/h35-38,41-42,69-70H,5-30H2,1-4H3,(H,71,72)(H,73,74). The molecule has 4 aliphatic carbocycles. The van der Waals surface area contributed by atoms with Crippen LogP contribution in [0.4, 0.5) is 0 Å². The number of carbonyl (C=O) groups excluding carboxylic acids is 4. The van der Waals surface area contributed by atoms with Crippen molar-refractivity contribution in [2.75, 3.05) is 13.2 Å². The third-order valence-corrected chi connectivity index (χ3v) is 20.9. The van der Waals surface area contributed by atoms with Gasteiger partial charge in [0.2, 0.25) is 0 Å². The molecule has 0 amide bonds. The Balaban J connectivity index is 1.37. The minimum atomic E-state index is -1.13. The van der Waals surface area contributed by atoms with Crippen molar-refractivity contribution in [3.8, 4) is 0 Å². The first kappa shape index (κ1) is 61.9. The van der Waals surface area contributed by atoms with Crippen LogP contribution in [0, 0.1) is 37.5 Å². The van der Waals surface area contributed by atoms with Crippen LogP contribution in [0.3, 0.4) is 0 Å². The number of fused-ring (bicyclic) bond motifs is 8. The number of esters is 4. The molecule has 0 radical (unpaired) electrons. The van der Waals surface area contributed by atoms with Crippen molar-refractivity contribution < 1.29 is 57.9 Å². The van der Waals surface area contributed by atoms with Crippen LogP contribution in [0.25, 0.3) is 44.4 Å². The predicted octanol–water partition coefficient (Wildman–Crippen LogP) is 16.1. The van der Waals surface area contributed by atoms with Gasteiger partial charge in [0.05, 0.1) is 86.4 Å². The second kappa shape index (κ2) is 27.6. The van der Waals surface area contributed by atoms with E-state index in [1.54, 1.807) is 0 Å². The summed E-state index contributed by atoms with van der Waals surface area (Å²) in [5.74, 6) is -4.74. The van der Waals surface area contributed by atoms with Crippen molar-refractivity contribution in [3.05, 3.63) is 62.9 Å². The maximum atomic E-state index is 14.5. The van der Waals surface area contributed by atoms with Crippen molar-refractivity contribution in [1.29, 1.82) is 0 Å². The number of aliphatic carboxylic acids is 2. The van der Waals surface area contributed by atoms with Gasteiger partial charge >= 0.3 is 35.8 Å². The molecule has 4 fully saturated rings. The van der Waals surface area contributed by atoms with E-state index in [1.807, 2.05) is 27.7 Å². The highest BCUT2D eigenvalue weighted by atomic mass is 79.9. The Hall–Kier alpha value is -4.66. The number of aryl methyl sites for hydroxylation is 2. The highest BCUT2D eigenvalue weighted by molar-refractivity contribution is 9.11. The molecule has 0 saturated heterocycles. The molecule has 3 aromatic heterocycles. The fraction of sp³-hybridized carbons (Fsp3) is 0.581. The number of H-pyrrole nitrogens is 2. The number of nitrogens with zero attached hydrogens (tertiary/aromatic N) is 2. The molecule has 9 rings (SSSR count). The SMILES string of the molecule is CC1=C(CCC(=O)O)c2nc1c(Br)c1[nH]c(c(C(COC(=O)C3CCCCC3)OC(=O)C3CCCCC3)c1C)c(Br)c1[nH]c(c(Br)c3nc(c2Br)C(CCC(=O)O)=C3C)c(C(COC(=O)C2CCCCC2)OC(=O)C2CCCCC2)c1C. The summed E-state index contributed by atoms with van der Waals surface area (Å²) in [6.07, 6.45) is 14.4. The number of halogens is 4. The van der Waals surface area contributed by atoms with Crippen LogP contribution in [-0.2, 0) is 47.7 Å². The Morgan fingerprint density at radius 2 is 0.768 bits per heavy atom. The lowest BCUT2D eigenvalue weighted by molar-refractivity contribution is -0.166. The number of ether oxygens (including phenoxy) is 4. The zero-order chi connectivity index (χ0) is 58.5. The minimum Gasteiger partial charge on any atom is -0.481 e. The van der Waals surface area contributed by atoms with Gasteiger partial charge in [-0.2, -0.15) is 0 Å². The van der Waals surface area contributed by atoms with E-state index in [2.05, 4.69) is 73.7 Å². The van der Waals surface area contributed by atoms with Crippen molar-refractivity contribution >= 4 is 144 Å². The summed E-state index contributed by atoms with van der Waals surface area (Å²) in [6, 6.07) is 0. The van der Waals surface area contributed by atoms with E-state index in [0.717, 1.165) is 77.0 Å². The van der Waals surface area contributed by atoms with E-state index in [1.165, 1.54) is 0 Å². The fourth-order valence-electron chi connectivity index (χ4n) is 13.0. The van der Waals surface area contributed by atoms with Crippen molar-refractivity contribution in [1.82, 2.24) is 19.9 Å². The van der Waals surface area contributed by atoms with E-state index in [-0.39, 0.29) is 80.5 Å². The molecule has 20 heteroatoms. The molecule has 5 heterocycles.